The SMILES string of the molecule is CC[C@@H](C)NC(=O)[C@@H](Cc1ccccc1)N(Cc1ccc(C)cc1)C(=O)CN(c1cc(Cl)c(Cl)cc1Cl)S(C)(=O)=O. The summed E-state index contributed by atoms with van der Waals surface area (Å²) in [5.41, 5.74) is 2.69. The normalized spacial score (nSPS) is 12.9. The van der Waals surface area contributed by atoms with Crippen LogP contribution in [0.4, 0.5) is 5.69 Å². The Labute approximate surface area is 257 Å². The molecule has 0 aliphatic rings. The standard InChI is InChI=1S/C30H34Cl3N3O4S/c1-5-21(3)34-30(38)28(15-22-9-7-6-8-10-22)35(18-23-13-11-20(2)12-14-23)29(37)19-36(41(4,39)40)27-17-25(32)24(31)16-26(27)33/h6-14,16-17,21,28H,5,15,18-19H2,1-4H3,(H,34,38)/t21-,28-/m1/s1. The highest BCUT2D eigenvalue weighted by Crippen LogP contribution is 2.35. The molecule has 0 unspecified atom stereocenters. The summed E-state index contributed by atoms with van der Waals surface area (Å²) in [6.45, 7) is 5.27. The maximum absolute atomic E-state index is 14.1. The first kappa shape index (κ1) is 32.7. The monoisotopic (exact) mass is 637 g/mol. The summed E-state index contributed by atoms with van der Waals surface area (Å²) in [5, 5.41) is 3.24. The molecule has 0 aliphatic heterocycles. The van der Waals surface area contributed by atoms with Crippen molar-refractivity contribution in [2.45, 2.75) is 52.2 Å². The summed E-state index contributed by atoms with van der Waals surface area (Å²) in [6, 6.07) is 18.6. The molecule has 220 valence electrons. The van der Waals surface area contributed by atoms with Gasteiger partial charge in [0.25, 0.3) is 0 Å². The molecule has 3 aromatic rings. The summed E-state index contributed by atoms with van der Waals surface area (Å²) in [6.07, 6.45) is 1.90. The second-order valence-electron chi connectivity index (χ2n) is 10.0. The Morgan fingerprint density at radius 3 is 2.10 bits per heavy atom. The van der Waals surface area contributed by atoms with Crippen molar-refractivity contribution >= 4 is 62.3 Å². The van der Waals surface area contributed by atoms with E-state index in [1.807, 2.05) is 75.4 Å². The summed E-state index contributed by atoms with van der Waals surface area (Å²) in [4.78, 5) is 29.3. The number of carbonyl (C=O) groups is 2. The Morgan fingerprint density at radius 1 is 0.902 bits per heavy atom. The van der Waals surface area contributed by atoms with Gasteiger partial charge in [-0.3, -0.25) is 13.9 Å². The van der Waals surface area contributed by atoms with Crippen molar-refractivity contribution in [2.75, 3.05) is 17.1 Å². The second kappa shape index (κ2) is 14.4. The van der Waals surface area contributed by atoms with Crippen LogP contribution in [-0.4, -0.2) is 50.0 Å². The van der Waals surface area contributed by atoms with Crippen molar-refractivity contribution in [2.24, 2.45) is 0 Å². The summed E-state index contributed by atoms with van der Waals surface area (Å²) >= 11 is 18.6. The molecule has 7 nitrogen and oxygen atoms in total. The maximum atomic E-state index is 14.1. The Hall–Kier alpha value is -2.78. The van der Waals surface area contributed by atoms with Crippen molar-refractivity contribution in [3.8, 4) is 0 Å². The average Bonchev–Trinajstić information content (AvgIpc) is 2.92. The lowest BCUT2D eigenvalue weighted by Crippen LogP contribution is -2.54. The fraction of sp³-hybridized carbons (Fsp3) is 0.333. The molecule has 3 rings (SSSR count). The molecule has 0 fully saturated rings. The van der Waals surface area contributed by atoms with Gasteiger partial charge in [-0.25, -0.2) is 8.42 Å². The van der Waals surface area contributed by atoms with Gasteiger partial charge in [0.1, 0.15) is 12.6 Å². The number of carbonyl (C=O) groups excluding carboxylic acids is 2. The molecule has 2 atom stereocenters. The van der Waals surface area contributed by atoms with E-state index < -0.39 is 28.5 Å². The van der Waals surface area contributed by atoms with Crippen LogP contribution in [0.3, 0.4) is 0 Å². The number of aryl methyl sites for hydroxylation is 1. The number of hydrogen-bond acceptors (Lipinski definition) is 4. The number of rotatable bonds is 12. The van der Waals surface area contributed by atoms with Gasteiger partial charge in [-0.05, 0) is 43.5 Å². The van der Waals surface area contributed by atoms with Crippen LogP contribution >= 0.6 is 34.8 Å². The zero-order valence-corrected chi connectivity index (χ0v) is 26.5. The zero-order chi connectivity index (χ0) is 30.3. The lowest BCUT2D eigenvalue weighted by Gasteiger charge is -2.34. The van der Waals surface area contributed by atoms with Gasteiger partial charge in [-0.1, -0.05) is 102 Å². The minimum atomic E-state index is -4.01. The predicted molar refractivity (Wildman–Crippen MR) is 167 cm³/mol. The summed E-state index contributed by atoms with van der Waals surface area (Å²) in [7, 11) is -4.01. The fourth-order valence-electron chi connectivity index (χ4n) is 4.18. The molecular formula is C30H34Cl3N3O4S. The number of nitrogens with zero attached hydrogens (tertiary/aromatic N) is 2. The van der Waals surface area contributed by atoms with Crippen molar-refractivity contribution in [1.29, 1.82) is 0 Å². The van der Waals surface area contributed by atoms with E-state index in [0.717, 1.165) is 27.3 Å². The molecule has 2 amide bonds. The van der Waals surface area contributed by atoms with Crippen LogP contribution in [0.1, 0.15) is 37.0 Å². The van der Waals surface area contributed by atoms with Crippen LogP contribution in [0, 0.1) is 6.92 Å². The third kappa shape index (κ3) is 9.10. The number of sulfonamides is 1. The fourth-order valence-corrected chi connectivity index (χ4v) is 5.73. The molecule has 3 aromatic carbocycles. The lowest BCUT2D eigenvalue weighted by atomic mass is 10.0. The number of halogens is 3. The first-order valence-electron chi connectivity index (χ1n) is 13.1. The number of nitrogens with one attached hydrogen (secondary N) is 1. The van der Waals surface area contributed by atoms with Crippen LogP contribution in [0.5, 0.6) is 0 Å². The third-order valence-corrected chi connectivity index (χ3v) is 8.83. The van der Waals surface area contributed by atoms with Crippen LogP contribution in [0.25, 0.3) is 0 Å². The van der Waals surface area contributed by atoms with Gasteiger partial charge in [0, 0.05) is 19.0 Å². The van der Waals surface area contributed by atoms with Gasteiger partial charge < -0.3 is 10.2 Å². The predicted octanol–water partition coefficient (Wildman–Crippen LogP) is 6.28. The molecule has 0 aromatic heterocycles. The molecular weight excluding hydrogens is 605 g/mol. The highest BCUT2D eigenvalue weighted by molar-refractivity contribution is 7.92. The van der Waals surface area contributed by atoms with Crippen molar-refractivity contribution in [3.05, 3.63) is 98.5 Å². The average molecular weight is 639 g/mol. The molecule has 0 bridgehead atoms. The van der Waals surface area contributed by atoms with E-state index in [4.69, 9.17) is 34.8 Å². The van der Waals surface area contributed by atoms with Crippen molar-refractivity contribution < 1.29 is 18.0 Å². The molecule has 11 heteroatoms. The third-order valence-electron chi connectivity index (χ3n) is 6.68. The van der Waals surface area contributed by atoms with E-state index in [2.05, 4.69) is 5.32 Å². The number of benzene rings is 3. The summed E-state index contributed by atoms with van der Waals surface area (Å²) in [5.74, 6) is -0.916. The van der Waals surface area contributed by atoms with Gasteiger partial charge in [-0.15, -0.1) is 0 Å². The summed E-state index contributed by atoms with van der Waals surface area (Å²) < 4.78 is 26.8. The van der Waals surface area contributed by atoms with Gasteiger partial charge in [0.05, 0.1) is 27.0 Å². The van der Waals surface area contributed by atoms with Gasteiger partial charge in [-0.2, -0.15) is 0 Å². The van der Waals surface area contributed by atoms with Gasteiger partial charge in [0.2, 0.25) is 21.8 Å². The minimum absolute atomic E-state index is 0.0101. The second-order valence-corrected chi connectivity index (χ2v) is 13.1. The lowest BCUT2D eigenvalue weighted by molar-refractivity contribution is -0.140. The van der Waals surface area contributed by atoms with Crippen LogP contribution < -0.4 is 9.62 Å². The number of anilines is 1. The molecule has 0 aliphatic carbocycles. The van der Waals surface area contributed by atoms with Crippen molar-refractivity contribution in [1.82, 2.24) is 10.2 Å². The van der Waals surface area contributed by atoms with E-state index in [1.165, 1.54) is 17.0 Å². The molecule has 0 saturated carbocycles. The topological polar surface area (TPSA) is 86.8 Å². The van der Waals surface area contributed by atoms with E-state index in [0.29, 0.717) is 6.42 Å². The Kier molecular flexibility index (Phi) is 11.5. The number of hydrogen-bond donors (Lipinski definition) is 1. The molecule has 0 heterocycles. The largest absolute Gasteiger partial charge is 0.352 e. The zero-order valence-electron chi connectivity index (χ0n) is 23.4. The molecule has 0 saturated heterocycles. The number of amides is 2. The van der Waals surface area contributed by atoms with Crippen molar-refractivity contribution in [3.63, 3.8) is 0 Å². The van der Waals surface area contributed by atoms with E-state index in [1.54, 1.807) is 0 Å². The quantitative estimate of drug-likeness (QED) is 0.237. The molecule has 41 heavy (non-hydrogen) atoms. The Morgan fingerprint density at radius 2 is 1.51 bits per heavy atom. The minimum Gasteiger partial charge on any atom is -0.352 e. The van der Waals surface area contributed by atoms with Gasteiger partial charge >= 0.3 is 0 Å². The van der Waals surface area contributed by atoms with Gasteiger partial charge in [0.15, 0.2) is 0 Å². The highest BCUT2D eigenvalue weighted by atomic mass is 35.5. The van der Waals surface area contributed by atoms with E-state index in [9.17, 15) is 18.0 Å². The highest BCUT2D eigenvalue weighted by Gasteiger charge is 2.34. The maximum Gasteiger partial charge on any atom is 0.244 e. The first-order valence-corrected chi connectivity index (χ1v) is 16.1. The molecule has 0 radical (unpaired) electrons. The van der Waals surface area contributed by atoms with Crippen LogP contribution in [0.2, 0.25) is 15.1 Å². The first-order chi connectivity index (χ1) is 19.3. The smallest absolute Gasteiger partial charge is 0.244 e. The van der Waals surface area contributed by atoms with E-state index >= 15 is 0 Å². The Bertz CT molecular complexity index is 1470. The van der Waals surface area contributed by atoms with E-state index in [-0.39, 0.29) is 45.7 Å². The molecule has 1 N–H and O–H groups in total. The molecule has 0 spiro atoms. The van der Waals surface area contributed by atoms with Crippen LogP contribution in [-0.2, 0) is 32.6 Å². The Balaban J connectivity index is 2.09. The van der Waals surface area contributed by atoms with Crippen LogP contribution in [0.15, 0.2) is 66.7 Å².